The average Bonchev–Trinajstić information content (AvgIpc) is 3.52. The number of hydrogen-bond donors (Lipinski definition) is 0. The summed E-state index contributed by atoms with van der Waals surface area (Å²) in [7, 11) is 1.55. The van der Waals surface area contributed by atoms with Crippen LogP contribution in [0.1, 0.15) is 28.1 Å². The van der Waals surface area contributed by atoms with Gasteiger partial charge in [-0.2, -0.15) is 0 Å². The van der Waals surface area contributed by atoms with Gasteiger partial charge in [0.2, 0.25) is 12.7 Å². The van der Waals surface area contributed by atoms with Crippen LogP contribution in [0.2, 0.25) is 0 Å². The van der Waals surface area contributed by atoms with Crippen LogP contribution < -0.4 is 18.9 Å². The number of ether oxygens (including phenoxy) is 5. The molecule has 5 rings (SSSR count). The molecule has 0 atom stereocenters. The van der Waals surface area contributed by atoms with Crippen LogP contribution in [0.5, 0.6) is 23.0 Å². The monoisotopic (exact) mass is 448 g/mol. The molecule has 0 bridgehead atoms. The van der Waals surface area contributed by atoms with E-state index in [9.17, 15) is 4.79 Å². The molecule has 2 aromatic carbocycles. The Morgan fingerprint density at radius 1 is 1.06 bits per heavy atom. The zero-order valence-electron chi connectivity index (χ0n) is 18.2. The van der Waals surface area contributed by atoms with E-state index in [0.29, 0.717) is 46.5 Å². The minimum atomic E-state index is -0.541. The second-order valence-corrected chi connectivity index (χ2v) is 7.41. The highest BCUT2D eigenvalue weighted by molar-refractivity contribution is 6.13. The fraction of sp³-hybridized carbons (Fsp3) is 0.208. The Kier molecular flexibility index (Phi) is 5.21. The van der Waals surface area contributed by atoms with Gasteiger partial charge < -0.3 is 28.2 Å². The molecule has 0 radical (unpaired) electrons. The number of nitrogens with zero attached hydrogens (tertiary/aromatic N) is 2. The zero-order valence-corrected chi connectivity index (χ0v) is 18.2. The van der Waals surface area contributed by atoms with E-state index in [1.165, 1.54) is 0 Å². The first-order chi connectivity index (χ1) is 16.0. The molecule has 9 nitrogen and oxygen atoms in total. The van der Waals surface area contributed by atoms with Crippen molar-refractivity contribution < 1.29 is 33.0 Å². The van der Waals surface area contributed by atoms with Crippen LogP contribution in [0, 0.1) is 13.8 Å². The minimum Gasteiger partial charge on any atom is -0.493 e. The van der Waals surface area contributed by atoms with E-state index in [2.05, 4.69) is 10.1 Å². The summed E-state index contributed by atoms with van der Waals surface area (Å²) in [6.45, 7) is 4.16. The second kappa shape index (κ2) is 8.34. The smallest absolute Gasteiger partial charge is 0.363 e. The van der Waals surface area contributed by atoms with Crippen molar-refractivity contribution in [3.63, 3.8) is 0 Å². The van der Waals surface area contributed by atoms with E-state index in [4.69, 9.17) is 28.2 Å². The second-order valence-electron chi connectivity index (χ2n) is 7.41. The van der Waals surface area contributed by atoms with Crippen LogP contribution in [-0.2, 0) is 16.1 Å². The predicted octanol–water partition coefficient (Wildman–Crippen LogP) is 3.95. The normalized spacial score (nSPS) is 15.5. The first kappa shape index (κ1) is 20.6. The summed E-state index contributed by atoms with van der Waals surface area (Å²) < 4.78 is 32.6. The lowest BCUT2D eigenvalue weighted by atomic mass is 10.1. The third kappa shape index (κ3) is 4.00. The molecular weight excluding hydrogens is 428 g/mol. The Morgan fingerprint density at radius 3 is 2.70 bits per heavy atom. The number of aliphatic imine (C=N–C) groups is 1. The van der Waals surface area contributed by atoms with Crippen molar-refractivity contribution in [2.24, 2.45) is 4.99 Å². The number of cyclic esters (lactones) is 1. The van der Waals surface area contributed by atoms with E-state index in [1.807, 2.05) is 13.8 Å². The number of hydrogen-bond acceptors (Lipinski definition) is 9. The molecule has 0 saturated carbocycles. The van der Waals surface area contributed by atoms with Crippen molar-refractivity contribution in [3.05, 3.63) is 70.2 Å². The fourth-order valence-electron chi connectivity index (χ4n) is 3.47. The molecule has 2 aliphatic rings. The predicted molar refractivity (Wildman–Crippen MR) is 116 cm³/mol. The summed E-state index contributed by atoms with van der Waals surface area (Å²) in [6, 6.07) is 10.6. The molecule has 0 aliphatic carbocycles. The molecule has 0 N–H and O–H groups in total. The summed E-state index contributed by atoms with van der Waals surface area (Å²) in [5.74, 6) is 2.67. The maximum Gasteiger partial charge on any atom is 0.363 e. The number of carbonyl (C=O) groups is 1. The van der Waals surface area contributed by atoms with Crippen LogP contribution in [0.25, 0.3) is 6.08 Å². The molecule has 1 aromatic heterocycles. The molecule has 2 aliphatic heterocycles. The lowest BCUT2D eigenvalue weighted by Crippen LogP contribution is -2.05. The van der Waals surface area contributed by atoms with Gasteiger partial charge in [-0.05, 0) is 55.8 Å². The van der Waals surface area contributed by atoms with Crippen LogP contribution in [-0.4, -0.2) is 30.9 Å². The van der Waals surface area contributed by atoms with E-state index in [0.717, 1.165) is 11.3 Å². The van der Waals surface area contributed by atoms with Crippen molar-refractivity contribution in [1.82, 2.24) is 5.16 Å². The molecule has 3 aromatic rings. The van der Waals surface area contributed by atoms with E-state index >= 15 is 0 Å². The first-order valence-corrected chi connectivity index (χ1v) is 10.2. The molecule has 9 heteroatoms. The third-order valence-electron chi connectivity index (χ3n) is 5.28. The van der Waals surface area contributed by atoms with Crippen molar-refractivity contribution in [2.45, 2.75) is 20.5 Å². The van der Waals surface area contributed by atoms with Crippen molar-refractivity contribution >= 4 is 17.9 Å². The summed E-state index contributed by atoms with van der Waals surface area (Å²) in [5, 5.41) is 3.93. The average molecular weight is 448 g/mol. The zero-order chi connectivity index (χ0) is 22.9. The van der Waals surface area contributed by atoms with E-state index in [1.54, 1.807) is 49.6 Å². The van der Waals surface area contributed by atoms with Crippen LogP contribution in [0.4, 0.5) is 0 Å². The number of aryl methyl sites for hydroxylation is 2. The Bertz CT molecular complexity index is 1290. The summed E-state index contributed by atoms with van der Waals surface area (Å²) >= 11 is 0. The van der Waals surface area contributed by atoms with Gasteiger partial charge in [0, 0.05) is 5.56 Å². The first-order valence-electron chi connectivity index (χ1n) is 10.2. The van der Waals surface area contributed by atoms with Crippen LogP contribution in [0.3, 0.4) is 0 Å². The Labute approximate surface area is 189 Å². The standard InChI is InChI=1S/C24H20N2O7/c1-13-17(14(2)33-26-13)11-29-19-6-4-15(9-21(19)28-3)8-18-24(27)32-23(25-18)16-5-7-20-22(10-16)31-12-30-20/h4-10H,11-12H2,1-3H3. The SMILES string of the molecule is COc1cc(C=C2N=C(c3ccc4c(c3)OCO4)OC2=O)ccc1OCc1c(C)noc1C. The minimum absolute atomic E-state index is 0.163. The number of benzene rings is 2. The van der Waals surface area contributed by atoms with Crippen molar-refractivity contribution in [1.29, 1.82) is 0 Å². The third-order valence-corrected chi connectivity index (χ3v) is 5.28. The fourth-order valence-corrected chi connectivity index (χ4v) is 3.47. The molecule has 0 saturated heterocycles. The van der Waals surface area contributed by atoms with Gasteiger partial charge in [0.25, 0.3) is 0 Å². The van der Waals surface area contributed by atoms with Gasteiger partial charge in [-0.25, -0.2) is 9.79 Å². The highest BCUT2D eigenvalue weighted by Gasteiger charge is 2.26. The van der Waals surface area contributed by atoms with Gasteiger partial charge in [0.15, 0.2) is 28.7 Å². The Morgan fingerprint density at radius 2 is 1.91 bits per heavy atom. The maximum atomic E-state index is 12.4. The molecular formula is C24H20N2O7. The maximum absolute atomic E-state index is 12.4. The number of rotatable bonds is 6. The van der Waals surface area contributed by atoms with Crippen LogP contribution in [0.15, 0.2) is 51.6 Å². The lowest BCUT2D eigenvalue weighted by molar-refractivity contribution is -0.129. The van der Waals surface area contributed by atoms with Gasteiger partial charge >= 0.3 is 5.97 Å². The topological polar surface area (TPSA) is 102 Å². The van der Waals surface area contributed by atoms with E-state index < -0.39 is 5.97 Å². The number of methoxy groups -OCH3 is 1. The Balaban J connectivity index is 1.36. The molecule has 0 spiro atoms. The summed E-state index contributed by atoms with van der Waals surface area (Å²) in [6.07, 6.45) is 1.63. The molecule has 168 valence electrons. The van der Waals surface area contributed by atoms with Gasteiger partial charge in [0.05, 0.1) is 18.4 Å². The number of aromatic nitrogens is 1. The van der Waals surface area contributed by atoms with Crippen molar-refractivity contribution in [2.75, 3.05) is 13.9 Å². The van der Waals surface area contributed by atoms with Crippen LogP contribution >= 0.6 is 0 Å². The molecule has 33 heavy (non-hydrogen) atoms. The molecule has 0 amide bonds. The van der Waals surface area contributed by atoms with Gasteiger partial charge in [-0.1, -0.05) is 11.2 Å². The van der Waals surface area contributed by atoms with Crippen molar-refractivity contribution in [3.8, 4) is 23.0 Å². The highest BCUT2D eigenvalue weighted by Crippen LogP contribution is 2.34. The van der Waals surface area contributed by atoms with Gasteiger partial charge in [-0.15, -0.1) is 0 Å². The largest absolute Gasteiger partial charge is 0.493 e. The van der Waals surface area contributed by atoms with E-state index in [-0.39, 0.29) is 18.4 Å². The highest BCUT2D eigenvalue weighted by atomic mass is 16.7. The number of esters is 1. The summed E-state index contributed by atoms with van der Waals surface area (Å²) in [4.78, 5) is 16.7. The summed E-state index contributed by atoms with van der Waals surface area (Å²) in [5.41, 5.74) is 3.18. The quantitative estimate of drug-likeness (QED) is 0.413. The number of carbonyl (C=O) groups excluding carboxylic acids is 1. The van der Waals surface area contributed by atoms with Gasteiger partial charge in [-0.3, -0.25) is 0 Å². The Hall–Kier alpha value is -4.27. The molecule has 0 unspecified atom stereocenters. The molecule has 0 fully saturated rings. The molecule has 3 heterocycles. The lowest BCUT2D eigenvalue weighted by Gasteiger charge is -2.11. The number of fused-ring (bicyclic) bond motifs is 1. The van der Waals surface area contributed by atoms with Gasteiger partial charge in [0.1, 0.15) is 12.4 Å².